The van der Waals surface area contributed by atoms with Crippen LogP contribution in [-0.2, 0) is 42.9 Å². The van der Waals surface area contributed by atoms with Gasteiger partial charge in [0.1, 0.15) is 18.8 Å². The second kappa shape index (κ2) is 56.4. The molecule has 12 heteroatoms. The number of aliphatic carboxylic acids is 1. The Balaban J connectivity index is 2.70. The molecule has 0 bridgehead atoms. The predicted octanol–water partition coefficient (Wildman–Crippen LogP) is 17.5. The molecule has 1 aliphatic heterocycles. The summed E-state index contributed by atoms with van der Waals surface area (Å²) in [5.41, 5.74) is 0. The van der Waals surface area contributed by atoms with Crippen LogP contribution in [0.25, 0.3) is 0 Å². The molecule has 3 N–H and O–H groups in total. The Morgan fingerprint density at radius 1 is 0.420 bits per heavy atom. The van der Waals surface area contributed by atoms with E-state index in [1.165, 1.54) is 103 Å². The van der Waals surface area contributed by atoms with Gasteiger partial charge in [-0.05, 0) is 89.9 Å². The van der Waals surface area contributed by atoms with E-state index < -0.39 is 67.3 Å². The number of carboxylic acids is 1. The third-order valence-electron chi connectivity index (χ3n) is 14.5. The summed E-state index contributed by atoms with van der Waals surface area (Å²) in [5, 5.41) is 31.6. The van der Waals surface area contributed by atoms with Crippen LogP contribution in [0.3, 0.4) is 0 Å². The second-order valence-electron chi connectivity index (χ2n) is 22.0. The summed E-state index contributed by atoms with van der Waals surface area (Å²) in [7, 11) is 0. The third-order valence-corrected chi connectivity index (χ3v) is 14.5. The number of hydrogen-bond acceptors (Lipinski definition) is 11. The number of carbonyl (C=O) groups is 4. The van der Waals surface area contributed by atoms with Crippen molar-refractivity contribution in [2.24, 2.45) is 0 Å². The first-order valence-corrected chi connectivity index (χ1v) is 32.6. The van der Waals surface area contributed by atoms with Crippen LogP contribution in [0.4, 0.5) is 0 Å². The number of carbonyl (C=O) groups excluding carboxylic acids is 3. The molecule has 0 aromatic carbocycles. The number of hydrogen-bond donors (Lipinski definition) is 3. The van der Waals surface area contributed by atoms with E-state index >= 15 is 0 Å². The molecule has 0 aromatic heterocycles. The van der Waals surface area contributed by atoms with Crippen LogP contribution >= 0.6 is 0 Å². The maximum absolute atomic E-state index is 13.2. The molecule has 6 atom stereocenters. The van der Waals surface area contributed by atoms with Gasteiger partial charge in [-0.3, -0.25) is 14.4 Å². The standard InChI is InChI=1S/C69H116O12/c1-4-7-10-13-16-19-22-25-28-31-34-37-40-43-46-49-52-55-61(70)77-58-60(79-62(71)56-53-50-47-44-41-38-35-32-29-26-23-20-17-14-11-8-5-2)59-78-69-67(65(74)64(73)66(81-69)68(75)76)80-63(72)57-54-51-48-45-42-39-36-33-30-27-24-21-18-15-12-9-6-3/h7,10,16-17,19-20,25-26,28-29,34,37,43,46,60,64-67,69,73-74H,4-6,8-9,11-15,18,21-24,27,30-33,35-36,38-42,44-45,47-59H2,1-3H3,(H,75,76)/b10-7-,19-16-,20-17-,28-25-,29-26-,37-34-,46-43-. The van der Waals surface area contributed by atoms with Gasteiger partial charge in [-0.25, -0.2) is 4.79 Å². The predicted molar refractivity (Wildman–Crippen MR) is 331 cm³/mol. The zero-order chi connectivity index (χ0) is 58.9. The monoisotopic (exact) mass is 1140 g/mol. The lowest BCUT2D eigenvalue weighted by Crippen LogP contribution is -2.61. The molecule has 1 heterocycles. The van der Waals surface area contributed by atoms with Gasteiger partial charge in [0, 0.05) is 19.3 Å². The molecule has 0 amide bonds. The van der Waals surface area contributed by atoms with Crippen molar-refractivity contribution in [2.75, 3.05) is 13.2 Å². The maximum Gasteiger partial charge on any atom is 0.335 e. The largest absolute Gasteiger partial charge is 0.479 e. The first-order chi connectivity index (χ1) is 39.6. The van der Waals surface area contributed by atoms with Crippen LogP contribution in [0, 0.1) is 0 Å². The van der Waals surface area contributed by atoms with Gasteiger partial charge in [0.15, 0.2) is 24.6 Å². The van der Waals surface area contributed by atoms with Gasteiger partial charge < -0.3 is 39.0 Å². The van der Waals surface area contributed by atoms with Crippen molar-refractivity contribution < 1.29 is 58.2 Å². The normalized spacial score (nSPS) is 18.3. The zero-order valence-corrected chi connectivity index (χ0v) is 51.3. The molecule has 464 valence electrons. The fourth-order valence-corrected chi connectivity index (χ4v) is 9.49. The summed E-state index contributed by atoms with van der Waals surface area (Å²) >= 11 is 0. The first kappa shape index (κ1) is 74.9. The van der Waals surface area contributed by atoms with Crippen molar-refractivity contribution in [3.8, 4) is 0 Å². The van der Waals surface area contributed by atoms with E-state index in [2.05, 4.69) is 99.8 Å². The van der Waals surface area contributed by atoms with Gasteiger partial charge in [0.05, 0.1) is 6.61 Å². The highest BCUT2D eigenvalue weighted by Gasteiger charge is 2.50. The Morgan fingerprint density at radius 2 is 0.790 bits per heavy atom. The van der Waals surface area contributed by atoms with Crippen LogP contribution in [0.1, 0.15) is 278 Å². The molecule has 1 aliphatic rings. The third kappa shape index (κ3) is 46.0. The first-order valence-electron chi connectivity index (χ1n) is 32.6. The van der Waals surface area contributed by atoms with Crippen LogP contribution in [0.2, 0.25) is 0 Å². The van der Waals surface area contributed by atoms with Crippen LogP contribution in [0.5, 0.6) is 0 Å². The molecular weight excluding hydrogens is 1020 g/mol. The minimum Gasteiger partial charge on any atom is -0.479 e. The summed E-state index contributed by atoms with van der Waals surface area (Å²) in [6, 6.07) is 0. The number of aliphatic hydroxyl groups excluding tert-OH is 2. The number of rotatable bonds is 55. The van der Waals surface area contributed by atoms with Gasteiger partial charge in [0.25, 0.3) is 0 Å². The fourth-order valence-electron chi connectivity index (χ4n) is 9.49. The number of esters is 3. The van der Waals surface area contributed by atoms with Gasteiger partial charge >= 0.3 is 23.9 Å². The van der Waals surface area contributed by atoms with Crippen molar-refractivity contribution in [3.05, 3.63) is 85.1 Å². The Bertz CT molecular complexity index is 1730. The van der Waals surface area contributed by atoms with Gasteiger partial charge in [-0.15, -0.1) is 0 Å². The summed E-state index contributed by atoms with van der Waals surface area (Å²) in [6.07, 6.45) is 61.1. The number of unbranched alkanes of at least 4 members (excludes halogenated alkanes) is 27. The van der Waals surface area contributed by atoms with E-state index in [0.717, 1.165) is 109 Å². The molecule has 0 spiro atoms. The van der Waals surface area contributed by atoms with Gasteiger partial charge in [-0.1, -0.05) is 254 Å². The average molecular weight is 1140 g/mol. The lowest BCUT2D eigenvalue weighted by atomic mass is 9.98. The Hall–Kier alpha value is -4.10. The Morgan fingerprint density at radius 3 is 1.25 bits per heavy atom. The maximum atomic E-state index is 13.2. The molecule has 1 rings (SSSR count). The SMILES string of the molecule is CC/C=C\C/C=C\C/C=C\C/C=C\C/C=C\CCCC(=O)OCC(COC1OC(C(=O)O)C(O)C(O)C1OC(=O)CCCCCCCCCCCCCCCCCCC)OC(=O)CCCCCCCCC/C=C\C/C=C\CCCCC. The lowest BCUT2D eigenvalue weighted by Gasteiger charge is -2.40. The fraction of sp³-hybridized carbons (Fsp3) is 0.739. The van der Waals surface area contributed by atoms with E-state index in [-0.39, 0.29) is 25.9 Å². The van der Waals surface area contributed by atoms with E-state index in [1.807, 2.05) is 6.08 Å². The average Bonchev–Trinajstić information content (AvgIpc) is 3.53. The molecule has 12 nitrogen and oxygen atoms in total. The van der Waals surface area contributed by atoms with Crippen molar-refractivity contribution >= 4 is 23.9 Å². The molecule has 1 fully saturated rings. The molecule has 6 unspecified atom stereocenters. The van der Waals surface area contributed by atoms with Gasteiger partial charge in [0.2, 0.25) is 0 Å². The number of aliphatic hydroxyl groups is 2. The van der Waals surface area contributed by atoms with Crippen LogP contribution < -0.4 is 0 Å². The summed E-state index contributed by atoms with van der Waals surface area (Å²) < 4.78 is 28.5. The number of allylic oxidation sites excluding steroid dienone is 14. The Labute approximate surface area is 492 Å². The molecule has 81 heavy (non-hydrogen) atoms. The molecular formula is C69H116O12. The van der Waals surface area contributed by atoms with Crippen molar-refractivity contribution in [1.82, 2.24) is 0 Å². The topological polar surface area (TPSA) is 175 Å². The molecule has 0 aliphatic carbocycles. The Kier molecular flexibility index (Phi) is 52.1. The highest BCUT2D eigenvalue weighted by Crippen LogP contribution is 2.27. The quantitative estimate of drug-likeness (QED) is 0.0228. The van der Waals surface area contributed by atoms with E-state index in [1.54, 1.807) is 0 Å². The number of carboxylic acid groups (broad SMARTS) is 1. The summed E-state index contributed by atoms with van der Waals surface area (Å²) in [5.74, 6) is -3.20. The minimum atomic E-state index is -1.91. The van der Waals surface area contributed by atoms with Crippen LogP contribution in [0.15, 0.2) is 85.1 Å². The van der Waals surface area contributed by atoms with E-state index in [4.69, 9.17) is 23.7 Å². The van der Waals surface area contributed by atoms with Crippen LogP contribution in [-0.4, -0.2) is 89.2 Å². The zero-order valence-electron chi connectivity index (χ0n) is 51.3. The van der Waals surface area contributed by atoms with E-state index in [9.17, 15) is 34.5 Å². The molecule has 0 radical (unpaired) electrons. The number of ether oxygens (including phenoxy) is 5. The minimum absolute atomic E-state index is 0.0550. The van der Waals surface area contributed by atoms with E-state index in [0.29, 0.717) is 25.7 Å². The highest BCUT2D eigenvalue weighted by atomic mass is 16.7. The van der Waals surface area contributed by atoms with Crippen molar-refractivity contribution in [1.29, 1.82) is 0 Å². The lowest BCUT2D eigenvalue weighted by molar-refractivity contribution is -0.301. The smallest absolute Gasteiger partial charge is 0.335 e. The summed E-state index contributed by atoms with van der Waals surface area (Å²) in [6.45, 7) is 5.83. The second-order valence-corrected chi connectivity index (χ2v) is 22.0. The van der Waals surface area contributed by atoms with Crippen molar-refractivity contribution in [2.45, 2.75) is 314 Å². The van der Waals surface area contributed by atoms with Crippen molar-refractivity contribution in [3.63, 3.8) is 0 Å². The van der Waals surface area contributed by atoms with Gasteiger partial charge in [-0.2, -0.15) is 0 Å². The molecule has 0 saturated carbocycles. The molecule has 1 saturated heterocycles. The molecule has 0 aromatic rings. The highest BCUT2D eigenvalue weighted by molar-refractivity contribution is 5.74. The summed E-state index contributed by atoms with van der Waals surface area (Å²) in [4.78, 5) is 51.3.